The van der Waals surface area contributed by atoms with Crippen LogP contribution in [0.15, 0.2) is 11.4 Å². The van der Waals surface area contributed by atoms with Gasteiger partial charge in [-0.3, -0.25) is 14.4 Å². The summed E-state index contributed by atoms with van der Waals surface area (Å²) in [5.74, 6) is 1.09. The third-order valence-corrected chi connectivity index (χ3v) is 5.56. The average molecular weight is 376 g/mol. The van der Waals surface area contributed by atoms with Crippen molar-refractivity contribution in [3.63, 3.8) is 0 Å². The van der Waals surface area contributed by atoms with E-state index in [0.717, 1.165) is 44.7 Å². The first-order valence-electron chi connectivity index (χ1n) is 9.18. The topological polar surface area (TPSA) is 68.6 Å². The van der Waals surface area contributed by atoms with Crippen molar-refractivity contribution < 1.29 is 14.3 Å². The zero-order chi connectivity index (χ0) is 17.9. The highest BCUT2D eigenvalue weighted by molar-refractivity contribution is 7.12. The second-order valence-corrected chi connectivity index (χ2v) is 7.50. The monoisotopic (exact) mass is 376 g/mol. The lowest BCUT2D eigenvalue weighted by atomic mass is 10.3. The van der Waals surface area contributed by atoms with E-state index in [2.05, 4.69) is 33.0 Å². The lowest BCUT2D eigenvalue weighted by Gasteiger charge is -2.17. The lowest BCUT2D eigenvalue weighted by molar-refractivity contribution is 0.0945. The Labute approximate surface area is 156 Å². The van der Waals surface area contributed by atoms with E-state index < -0.39 is 0 Å². The number of hydrogen-bond donors (Lipinski definition) is 1. The third-order valence-electron chi connectivity index (χ3n) is 4.62. The summed E-state index contributed by atoms with van der Waals surface area (Å²) in [7, 11) is 0. The SMILES string of the molecule is CCCN1CCCn2nc(CNC(=O)c3scc4c3OCCO4)cc2C1. The Kier molecular flexibility index (Phi) is 5.12. The van der Waals surface area contributed by atoms with Gasteiger partial charge in [-0.2, -0.15) is 5.10 Å². The van der Waals surface area contributed by atoms with Crippen LogP contribution >= 0.6 is 11.3 Å². The normalized spacial score (nSPS) is 16.8. The first-order valence-corrected chi connectivity index (χ1v) is 10.1. The third kappa shape index (κ3) is 3.57. The van der Waals surface area contributed by atoms with Crippen LogP contribution in [0.2, 0.25) is 0 Å². The molecule has 0 saturated carbocycles. The summed E-state index contributed by atoms with van der Waals surface area (Å²) in [6, 6.07) is 2.11. The second-order valence-electron chi connectivity index (χ2n) is 6.62. The first kappa shape index (κ1) is 17.4. The minimum atomic E-state index is -0.141. The summed E-state index contributed by atoms with van der Waals surface area (Å²) < 4.78 is 13.2. The minimum absolute atomic E-state index is 0.141. The van der Waals surface area contributed by atoms with Gasteiger partial charge in [0.25, 0.3) is 5.91 Å². The van der Waals surface area contributed by atoms with Crippen molar-refractivity contribution in [1.29, 1.82) is 0 Å². The van der Waals surface area contributed by atoms with Crippen molar-refractivity contribution >= 4 is 17.2 Å². The van der Waals surface area contributed by atoms with Gasteiger partial charge >= 0.3 is 0 Å². The van der Waals surface area contributed by atoms with E-state index in [0.29, 0.717) is 36.1 Å². The van der Waals surface area contributed by atoms with Gasteiger partial charge in [-0.1, -0.05) is 6.92 Å². The van der Waals surface area contributed by atoms with Crippen molar-refractivity contribution in [2.75, 3.05) is 26.3 Å². The number of nitrogens with one attached hydrogen (secondary N) is 1. The number of aryl methyl sites for hydroxylation is 1. The van der Waals surface area contributed by atoms with Crippen molar-refractivity contribution in [2.45, 2.75) is 39.4 Å². The van der Waals surface area contributed by atoms with Gasteiger partial charge in [0, 0.05) is 25.0 Å². The number of hydrogen-bond acceptors (Lipinski definition) is 6. The molecule has 0 spiro atoms. The predicted octanol–water partition coefficient (Wildman–Crippen LogP) is 2.26. The molecule has 2 aromatic rings. The molecule has 0 unspecified atom stereocenters. The molecule has 2 aliphatic rings. The molecule has 4 heterocycles. The van der Waals surface area contributed by atoms with Crippen LogP contribution in [-0.4, -0.2) is 46.9 Å². The fourth-order valence-corrected chi connectivity index (χ4v) is 4.30. The quantitative estimate of drug-likeness (QED) is 0.867. The van der Waals surface area contributed by atoms with Crippen LogP contribution in [0.25, 0.3) is 0 Å². The Bertz CT molecular complexity index is 785. The van der Waals surface area contributed by atoms with E-state index in [1.807, 2.05) is 5.38 Å². The number of aromatic nitrogens is 2. The van der Waals surface area contributed by atoms with E-state index >= 15 is 0 Å². The van der Waals surface area contributed by atoms with Crippen molar-refractivity contribution in [1.82, 2.24) is 20.0 Å². The molecule has 0 aliphatic carbocycles. The standard InChI is InChI=1S/C18H24N4O3S/c1-2-4-21-5-3-6-22-14(11-21)9-13(20-22)10-19-18(23)17-16-15(12-26-17)24-7-8-25-16/h9,12H,2-8,10-11H2,1H3,(H,19,23). The maximum Gasteiger partial charge on any atom is 0.265 e. The van der Waals surface area contributed by atoms with Crippen LogP contribution in [-0.2, 0) is 19.6 Å². The smallest absolute Gasteiger partial charge is 0.265 e. The van der Waals surface area contributed by atoms with E-state index in [9.17, 15) is 4.79 Å². The van der Waals surface area contributed by atoms with Gasteiger partial charge in [0.1, 0.15) is 18.1 Å². The second kappa shape index (κ2) is 7.67. The number of rotatable bonds is 5. The average Bonchev–Trinajstić information content (AvgIpc) is 3.19. The molecule has 4 rings (SSSR count). The van der Waals surface area contributed by atoms with Crippen LogP contribution in [0.1, 0.15) is 40.8 Å². The molecule has 2 aliphatic heterocycles. The molecule has 0 fully saturated rings. The lowest BCUT2D eigenvalue weighted by Crippen LogP contribution is -2.24. The van der Waals surface area contributed by atoms with Crippen LogP contribution in [0.3, 0.4) is 0 Å². The number of fused-ring (bicyclic) bond motifs is 2. The summed E-state index contributed by atoms with van der Waals surface area (Å²) in [6.45, 7) is 7.73. The van der Waals surface area contributed by atoms with Crippen molar-refractivity contribution in [2.24, 2.45) is 0 Å². The van der Waals surface area contributed by atoms with Gasteiger partial charge in [0.15, 0.2) is 11.5 Å². The molecule has 1 amide bonds. The first-order chi connectivity index (χ1) is 12.7. The maximum absolute atomic E-state index is 12.5. The van der Waals surface area contributed by atoms with Crippen molar-refractivity contribution in [3.05, 3.63) is 27.7 Å². The molecule has 140 valence electrons. The summed E-state index contributed by atoms with van der Waals surface area (Å²) >= 11 is 1.35. The summed E-state index contributed by atoms with van der Waals surface area (Å²) in [6.07, 6.45) is 2.27. The number of carbonyl (C=O) groups is 1. The number of ether oxygens (including phenoxy) is 2. The largest absolute Gasteiger partial charge is 0.485 e. The van der Waals surface area contributed by atoms with Crippen LogP contribution in [0, 0.1) is 0 Å². The van der Waals surface area contributed by atoms with Gasteiger partial charge in [-0.05, 0) is 25.5 Å². The highest BCUT2D eigenvalue weighted by atomic mass is 32.1. The maximum atomic E-state index is 12.5. The molecule has 0 radical (unpaired) electrons. The Morgan fingerprint density at radius 1 is 1.35 bits per heavy atom. The molecule has 1 N–H and O–H groups in total. The van der Waals surface area contributed by atoms with Gasteiger partial charge in [-0.25, -0.2) is 0 Å². The molecule has 7 nitrogen and oxygen atoms in total. The molecule has 0 bridgehead atoms. The van der Waals surface area contributed by atoms with Gasteiger partial charge < -0.3 is 14.8 Å². The Hall–Kier alpha value is -2.06. The molecule has 0 atom stereocenters. The van der Waals surface area contributed by atoms with E-state index in [4.69, 9.17) is 9.47 Å². The fourth-order valence-electron chi connectivity index (χ4n) is 3.45. The molecule has 2 aromatic heterocycles. The summed E-state index contributed by atoms with van der Waals surface area (Å²) in [5.41, 5.74) is 2.12. The highest BCUT2D eigenvalue weighted by Crippen LogP contribution is 2.39. The van der Waals surface area contributed by atoms with Crippen molar-refractivity contribution in [3.8, 4) is 11.5 Å². The Balaban J connectivity index is 1.40. The number of thiophene rings is 1. The molecular formula is C18H24N4O3S. The van der Waals surface area contributed by atoms with E-state index in [1.54, 1.807) is 0 Å². The molecule has 0 saturated heterocycles. The summed E-state index contributed by atoms with van der Waals surface area (Å²) in [5, 5.41) is 9.45. The molecular weight excluding hydrogens is 352 g/mol. The van der Waals surface area contributed by atoms with Crippen LogP contribution < -0.4 is 14.8 Å². The van der Waals surface area contributed by atoms with Crippen LogP contribution in [0.4, 0.5) is 0 Å². The minimum Gasteiger partial charge on any atom is -0.485 e. The molecule has 8 heteroatoms. The van der Waals surface area contributed by atoms with Gasteiger partial charge in [0.2, 0.25) is 0 Å². The zero-order valence-electron chi connectivity index (χ0n) is 15.0. The Morgan fingerprint density at radius 2 is 2.23 bits per heavy atom. The predicted molar refractivity (Wildman–Crippen MR) is 98.9 cm³/mol. The van der Waals surface area contributed by atoms with E-state index in [-0.39, 0.29) is 5.91 Å². The highest BCUT2D eigenvalue weighted by Gasteiger charge is 2.23. The van der Waals surface area contributed by atoms with Gasteiger partial charge in [0.05, 0.1) is 17.9 Å². The fraction of sp³-hybridized carbons (Fsp3) is 0.556. The number of nitrogens with zero attached hydrogens (tertiary/aromatic N) is 3. The number of amides is 1. The van der Waals surface area contributed by atoms with Crippen LogP contribution in [0.5, 0.6) is 11.5 Å². The zero-order valence-corrected chi connectivity index (χ0v) is 15.8. The molecule has 26 heavy (non-hydrogen) atoms. The number of carbonyl (C=O) groups excluding carboxylic acids is 1. The molecule has 0 aromatic carbocycles. The summed E-state index contributed by atoms with van der Waals surface area (Å²) in [4.78, 5) is 15.5. The van der Waals surface area contributed by atoms with Gasteiger partial charge in [-0.15, -0.1) is 11.3 Å². The van der Waals surface area contributed by atoms with E-state index in [1.165, 1.54) is 17.0 Å². The Morgan fingerprint density at radius 3 is 3.12 bits per heavy atom.